The molecule has 1 saturated heterocycles. The third-order valence-corrected chi connectivity index (χ3v) is 3.97. The van der Waals surface area contributed by atoms with E-state index in [0.717, 1.165) is 29.1 Å². The fourth-order valence-electron chi connectivity index (χ4n) is 2.34. The third-order valence-electron chi connectivity index (χ3n) is 3.16. The highest BCUT2D eigenvalue weighted by atomic mass is 32.1. The summed E-state index contributed by atoms with van der Waals surface area (Å²) in [5.74, 6) is 6.83. The highest BCUT2D eigenvalue weighted by Gasteiger charge is 2.29. The number of ether oxygens (including phenoxy) is 1. The monoisotopic (exact) mass is 279 g/mol. The molecule has 2 aromatic rings. The van der Waals surface area contributed by atoms with Crippen LogP contribution < -0.4 is 16.2 Å². The van der Waals surface area contributed by atoms with Crippen molar-refractivity contribution < 1.29 is 4.74 Å². The van der Waals surface area contributed by atoms with E-state index in [1.54, 1.807) is 11.3 Å². The van der Waals surface area contributed by atoms with Crippen LogP contribution >= 0.6 is 11.3 Å². The molecule has 102 valence electrons. The van der Waals surface area contributed by atoms with E-state index in [9.17, 15) is 0 Å². The zero-order valence-corrected chi connectivity index (χ0v) is 11.8. The van der Waals surface area contributed by atoms with Crippen molar-refractivity contribution in [1.82, 2.24) is 9.97 Å². The lowest BCUT2D eigenvalue weighted by molar-refractivity contribution is -0.0278. The summed E-state index contributed by atoms with van der Waals surface area (Å²) in [6, 6.07) is 2.05. The van der Waals surface area contributed by atoms with Crippen LogP contribution in [0, 0.1) is 0 Å². The SMILES string of the molecule is CC1(C)CN(c2nc(NN)nc3sccc23)CCO1. The first kappa shape index (κ1) is 12.6. The highest BCUT2D eigenvalue weighted by Crippen LogP contribution is 2.31. The highest BCUT2D eigenvalue weighted by molar-refractivity contribution is 7.16. The van der Waals surface area contributed by atoms with Crippen LogP contribution in [-0.4, -0.2) is 35.3 Å². The topological polar surface area (TPSA) is 76.3 Å². The number of hydrogen-bond donors (Lipinski definition) is 2. The number of morpholine rings is 1. The molecule has 19 heavy (non-hydrogen) atoms. The third kappa shape index (κ3) is 2.36. The summed E-state index contributed by atoms with van der Waals surface area (Å²) in [5, 5.41) is 3.09. The van der Waals surface area contributed by atoms with Gasteiger partial charge in [0.05, 0.1) is 17.6 Å². The molecule has 1 aliphatic heterocycles. The van der Waals surface area contributed by atoms with Gasteiger partial charge < -0.3 is 9.64 Å². The Labute approximate surface area is 115 Å². The molecule has 3 rings (SSSR count). The number of nitrogens with zero attached hydrogens (tertiary/aromatic N) is 3. The van der Waals surface area contributed by atoms with Gasteiger partial charge in [0, 0.05) is 13.1 Å². The number of nitrogen functional groups attached to an aromatic ring is 1. The summed E-state index contributed by atoms with van der Waals surface area (Å²) in [4.78, 5) is 12.1. The molecular formula is C12H17N5OS. The van der Waals surface area contributed by atoms with Crippen LogP contribution in [0.15, 0.2) is 11.4 Å². The van der Waals surface area contributed by atoms with Gasteiger partial charge in [-0.05, 0) is 25.3 Å². The van der Waals surface area contributed by atoms with E-state index < -0.39 is 0 Å². The maximum Gasteiger partial charge on any atom is 0.240 e. The van der Waals surface area contributed by atoms with Crippen molar-refractivity contribution in [3.05, 3.63) is 11.4 Å². The van der Waals surface area contributed by atoms with E-state index in [4.69, 9.17) is 10.6 Å². The summed E-state index contributed by atoms with van der Waals surface area (Å²) >= 11 is 1.59. The molecule has 0 unspecified atom stereocenters. The minimum absolute atomic E-state index is 0.165. The Bertz CT molecular complexity index is 597. The van der Waals surface area contributed by atoms with Crippen LogP contribution in [0.1, 0.15) is 13.8 Å². The normalized spacial score (nSPS) is 18.8. The number of fused-ring (bicyclic) bond motifs is 1. The maximum atomic E-state index is 5.74. The van der Waals surface area contributed by atoms with Crippen LogP contribution in [0.25, 0.3) is 10.2 Å². The van der Waals surface area contributed by atoms with Gasteiger partial charge in [-0.1, -0.05) is 0 Å². The molecule has 1 aliphatic rings. The summed E-state index contributed by atoms with van der Waals surface area (Å²) in [6.07, 6.45) is 0. The van der Waals surface area contributed by atoms with E-state index in [1.807, 2.05) is 5.38 Å². The molecule has 0 aromatic carbocycles. The Balaban J connectivity index is 2.05. The van der Waals surface area contributed by atoms with Crippen molar-refractivity contribution in [2.75, 3.05) is 30.0 Å². The first-order chi connectivity index (χ1) is 9.09. The van der Waals surface area contributed by atoms with Gasteiger partial charge in [0.25, 0.3) is 0 Å². The van der Waals surface area contributed by atoms with Crippen molar-refractivity contribution in [1.29, 1.82) is 0 Å². The smallest absolute Gasteiger partial charge is 0.240 e. The van der Waals surface area contributed by atoms with Crippen molar-refractivity contribution in [3.8, 4) is 0 Å². The molecule has 7 heteroatoms. The standard InChI is InChI=1S/C12H17N5OS/c1-12(2)7-17(4-5-18-12)9-8-3-6-19-10(8)15-11(14-9)16-13/h3,6H,4-5,7,13H2,1-2H3,(H,14,15,16). The molecule has 1 fully saturated rings. The number of hydrazine groups is 1. The predicted octanol–water partition coefficient (Wildman–Crippen LogP) is 1.59. The molecule has 0 saturated carbocycles. The van der Waals surface area contributed by atoms with Crippen molar-refractivity contribution in [2.24, 2.45) is 5.84 Å². The minimum Gasteiger partial charge on any atom is -0.372 e. The van der Waals surface area contributed by atoms with Crippen LogP contribution in [0.5, 0.6) is 0 Å². The Kier molecular flexibility index (Phi) is 3.04. The number of anilines is 2. The molecule has 6 nitrogen and oxygen atoms in total. The number of aromatic nitrogens is 2. The summed E-state index contributed by atoms with van der Waals surface area (Å²) in [7, 11) is 0. The van der Waals surface area contributed by atoms with E-state index in [0.29, 0.717) is 12.6 Å². The lowest BCUT2D eigenvalue weighted by atomic mass is 10.1. The largest absolute Gasteiger partial charge is 0.372 e. The van der Waals surface area contributed by atoms with Gasteiger partial charge in [0.2, 0.25) is 5.95 Å². The number of nitrogens with one attached hydrogen (secondary N) is 1. The van der Waals surface area contributed by atoms with Crippen molar-refractivity contribution in [2.45, 2.75) is 19.4 Å². The molecule has 2 aromatic heterocycles. The van der Waals surface area contributed by atoms with Gasteiger partial charge in [-0.15, -0.1) is 11.3 Å². The Hall–Kier alpha value is -1.44. The number of thiophene rings is 1. The molecule has 0 spiro atoms. The Morgan fingerprint density at radius 2 is 2.32 bits per heavy atom. The lowest BCUT2D eigenvalue weighted by Gasteiger charge is -2.39. The van der Waals surface area contributed by atoms with E-state index in [-0.39, 0.29) is 5.60 Å². The first-order valence-electron chi connectivity index (χ1n) is 6.20. The fraction of sp³-hybridized carbons (Fsp3) is 0.500. The number of hydrogen-bond acceptors (Lipinski definition) is 7. The molecule has 0 atom stereocenters. The van der Waals surface area contributed by atoms with Gasteiger partial charge in [0.1, 0.15) is 10.6 Å². The minimum atomic E-state index is -0.165. The molecule has 3 heterocycles. The molecule has 0 bridgehead atoms. The second-order valence-corrected chi connectivity index (χ2v) is 6.08. The van der Waals surface area contributed by atoms with Gasteiger partial charge in [-0.2, -0.15) is 4.98 Å². The zero-order chi connectivity index (χ0) is 13.5. The molecule has 3 N–H and O–H groups in total. The van der Waals surface area contributed by atoms with E-state index in [1.165, 1.54) is 0 Å². The van der Waals surface area contributed by atoms with Crippen LogP contribution in [0.3, 0.4) is 0 Å². The zero-order valence-electron chi connectivity index (χ0n) is 11.0. The van der Waals surface area contributed by atoms with Gasteiger partial charge in [-0.25, -0.2) is 10.8 Å². The van der Waals surface area contributed by atoms with E-state index >= 15 is 0 Å². The van der Waals surface area contributed by atoms with Gasteiger partial charge in [-0.3, -0.25) is 5.43 Å². The van der Waals surface area contributed by atoms with Gasteiger partial charge >= 0.3 is 0 Å². The van der Waals surface area contributed by atoms with Gasteiger partial charge in [0.15, 0.2) is 0 Å². The fourth-order valence-corrected chi connectivity index (χ4v) is 3.10. The lowest BCUT2D eigenvalue weighted by Crippen LogP contribution is -2.48. The summed E-state index contributed by atoms with van der Waals surface area (Å²) < 4.78 is 5.74. The summed E-state index contributed by atoms with van der Waals surface area (Å²) in [6.45, 7) is 6.52. The second kappa shape index (κ2) is 4.59. The number of nitrogens with two attached hydrogens (primary N) is 1. The van der Waals surface area contributed by atoms with Crippen LogP contribution in [0.4, 0.5) is 11.8 Å². The second-order valence-electron chi connectivity index (χ2n) is 5.18. The predicted molar refractivity (Wildman–Crippen MR) is 77.5 cm³/mol. The van der Waals surface area contributed by atoms with Crippen LogP contribution in [0.2, 0.25) is 0 Å². The number of rotatable bonds is 2. The Morgan fingerprint density at radius 3 is 3.05 bits per heavy atom. The van der Waals surface area contributed by atoms with Crippen molar-refractivity contribution >= 4 is 33.3 Å². The molecular weight excluding hydrogens is 262 g/mol. The van der Waals surface area contributed by atoms with Crippen LogP contribution in [-0.2, 0) is 4.74 Å². The van der Waals surface area contributed by atoms with E-state index in [2.05, 4.69) is 40.2 Å². The first-order valence-corrected chi connectivity index (χ1v) is 7.08. The molecule has 0 radical (unpaired) electrons. The average Bonchev–Trinajstić information content (AvgIpc) is 2.84. The molecule has 0 aliphatic carbocycles. The summed E-state index contributed by atoms with van der Waals surface area (Å²) in [5.41, 5.74) is 2.37. The maximum absolute atomic E-state index is 5.74. The quantitative estimate of drug-likeness (QED) is 0.642. The molecule has 0 amide bonds. The van der Waals surface area contributed by atoms with Crippen molar-refractivity contribution in [3.63, 3.8) is 0 Å². The average molecular weight is 279 g/mol. The Morgan fingerprint density at radius 1 is 1.47 bits per heavy atom.